The molecule has 5 rings (SSSR count). The summed E-state index contributed by atoms with van der Waals surface area (Å²) in [5.41, 5.74) is 2.42. The van der Waals surface area contributed by atoms with Crippen LogP contribution >= 0.6 is 11.6 Å². The van der Waals surface area contributed by atoms with E-state index in [9.17, 15) is 22.8 Å². The highest BCUT2D eigenvalue weighted by Gasteiger charge is 2.43. The van der Waals surface area contributed by atoms with Crippen molar-refractivity contribution < 1.29 is 18.0 Å². The summed E-state index contributed by atoms with van der Waals surface area (Å²) in [6.45, 7) is 0. The number of pyridine rings is 1. The van der Waals surface area contributed by atoms with Crippen LogP contribution in [-0.4, -0.2) is 40.1 Å². The van der Waals surface area contributed by atoms with Gasteiger partial charge in [0.2, 0.25) is 0 Å². The Kier molecular flexibility index (Phi) is 5.13. The molecule has 10 nitrogen and oxygen atoms in total. The lowest BCUT2D eigenvalue weighted by molar-refractivity contribution is -0.143. The molecular weight excluding hydrogens is 489 g/mol. The van der Waals surface area contributed by atoms with E-state index < -0.39 is 28.9 Å². The predicted molar refractivity (Wildman–Crippen MR) is 117 cm³/mol. The molecule has 2 N–H and O–H groups in total. The molecule has 1 aromatic carbocycles. The van der Waals surface area contributed by atoms with E-state index in [1.54, 1.807) is 0 Å². The van der Waals surface area contributed by atoms with E-state index in [0.29, 0.717) is 10.4 Å². The van der Waals surface area contributed by atoms with Crippen LogP contribution < -0.4 is 11.3 Å². The van der Waals surface area contributed by atoms with E-state index in [1.807, 2.05) is 0 Å². The average molecular weight is 501 g/mol. The molecule has 0 spiro atoms. The van der Waals surface area contributed by atoms with Crippen molar-refractivity contribution in [3.63, 3.8) is 0 Å². The molecule has 4 aromatic heterocycles. The van der Waals surface area contributed by atoms with Gasteiger partial charge in [0.15, 0.2) is 11.3 Å². The van der Waals surface area contributed by atoms with Crippen LogP contribution in [0.2, 0.25) is 5.02 Å². The fourth-order valence-electron chi connectivity index (χ4n) is 3.66. The third kappa shape index (κ3) is 3.71. The fourth-order valence-corrected chi connectivity index (χ4v) is 3.91. The Morgan fingerprint density at radius 3 is 2.43 bits per heavy atom. The first-order valence-electron chi connectivity index (χ1n) is 9.80. The Hall–Kier alpha value is -4.52. The Labute approximate surface area is 198 Å². The van der Waals surface area contributed by atoms with Crippen molar-refractivity contribution in [2.45, 2.75) is 6.18 Å². The normalized spacial score (nSPS) is 11.8. The summed E-state index contributed by atoms with van der Waals surface area (Å²) >= 11 is 6.33. The lowest BCUT2D eigenvalue weighted by Gasteiger charge is -2.13. The fraction of sp³-hybridized carbons (Fsp3) is 0.0476. The van der Waals surface area contributed by atoms with Crippen LogP contribution in [0.15, 0.2) is 66.0 Å². The molecular formula is C21H12ClF3N8O2. The summed E-state index contributed by atoms with van der Waals surface area (Å²) < 4.78 is 44.4. The molecule has 0 saturated carbocycles. The van der Waals surface area contributed by atoms with Gasteiger partial charge in [-0.1, -0.05) is 17.7 Å². The maximum Gasteiger partial charge on any atom is 0.434 e. The van der Waals surface area contributed by atoms with E-state index >= 15 is 0 Å². The molecule has 0 fully saturated rings. The van der Waals surface area contributed by atoms with E-state index in [-0.39, 0.29) is 27.6 Å². The van der Waals surface area contributed by atoms with Crippen LogP contribution in [0.4, 0.5) is 13.2 Å². The Morgan fingerprint density at radius 1 is 1.03 bits per heavy atom. The summed E-state index contributed by atoms with van der Waals surface area (Å²) in [6.07, 6.45) is 0.324. The van der Waals surface area contributed by atoms with Gasteiger partial charge < -0.3 is 5.73 Å². The number of rotatable bonds is 4. The van der Waals surface area contributed by atoms with Gasteiger partial charge in [-0.05, 0) is 24.3 Å². The van der Waals surface area contributed by atoms with Crippen molar-refractivity contribution in [2.75, 3.05) is 0 Å². The number of alkyl halides is 3. The first-order chi connectivity index (χ1) is 16.7. The van der Waals surface area contributed by atoms with Crippen molar-refractivity contribution in [1.29, 1.82) is 0 Å². The number of primary amides is 1. The molecule has 0 atom stereocenters. The highest BCUT2D eigenvalue weighted by atomic mass is 35.5. The Balaban J connectivity index is 1.81. The van der Waals surface area contributed by atoms with Crippen LogP contribution in [0.25, 0.3) is 28.3 Å². The van der Waals surface area contributed by atoms with Gasteiger partial charge >= 0.3 is 6.18 Å². The van der Waals surface area contributed by atoms with Crippen LogP contribution in [-0.2, 0) is 6.18 Å². The van der Waals surface area contributed by atoms with Crippen molar-refractivity contribution in [2.24, 2.45) is 5.73 Å². The van der Waals surface area contributed by atoms with Gasteiger partial charge in [-0.25, -0.2) is 9.67 Å². The third-order valence-corrected chi connectivity index (χ3v) is 5.38. The number of nitrogens with two attached hydrogens (primary N) is 1. The summed E-state index contributed by atoms with van der Waals surface area (Å²) in [5.74, 6) is -1.35. The van der Waals surface area contributed by atoms with Crippen LogP contribution in [0.1, 0.15) is 16.1 Å². The van der Waals surface area contributed by atoms with Gasteiger partial charge in [-0.3, -0.25) is 14.0 Å². The number of nitrogens with zero attached hydrogens (tertiary/aromatic N) is 7. The van der Waals surface area contributed by atoms with Crippen molar-refractivity contribution >= 4 is 23.2 Å². The van der Waals surface area contributed by atoms with Gasteiger partial charge in [0.25, 0.3) is 11.5 Å². The van der Waals surface area contributed by atoms with Gasteiger partial charge in [0.1, 0.15) is 17.1 Å². The highest BCUT2D eigenvalue weighted by molar-refractivity contribution is 6.32. The van der Waals surface area contributed by atoms with Gasteiger partial charge in [-0.2, -0.15) is 33.3 Å². The van der Waals surface area contributed by atoms with Crippen LogP contribution in [0.5, 0.6) is 0 Å². The molecule has 0 aliphatic rings. The summed E-state index contributed by atoms with van der Waals surface area (Å²) in [4.78, 5) is 29.7. The molecule has 176 valence electrons. The number of benzene rings is 1. The Morgan fingerprint density at radius 2 is 1.77 bits per heavy atom. The van der Waals surface area contributed by atoms with Crippen LogP contribution in [0.3, 0.4) is 0 Å². The maximum atomic E-state index is 14.3. The summed E-state index contributed by atoms with van der Waals surface area (Å²) in [7, 11) is 0. The van der Waals surface area contributed by atoms with E-state index in [0.717, 1.165) is 16.7 Å². The highest BCUT2D eigenvalue weighted by Crippen LogP contribution is 2.39. The zero-order valence-corrected chi connectivity index (χ0v) is 18.1. The maximum absolute atomic E-state index is 14.3. The minimum atomic E-state index is -5.04. The molecule has 0 aliphatic heterocycles. The molecule has 0 bridgehead atoms. The smallest absolute Gasteiger partial charge is 0.365 e. The quantitative estimate of drug-likeness (QED) is 0.404. The topological polar surface area (TPSA) is 126 Å². The largest absolute Gasteiger partial charge is 0.434 e. The zero-order valence-electron chi connectivity index (χ0n) is 17.3. The van der Waals surface area contributed by atoms with Crippen LogP contribution in [0, 0.1) is 0 Å². The van der Waals surface area contributed by atoms with E-state index in [1.165, 1.54) is 53.7 Å². The molecule has 1 amide bonds. The number of amides is 1. The number of hydrogen-bond acceptors (Lipinski definition) is 6. The monoisotopic (exact) mass is 500 g/mol. The first kappa shape index (κ1) is 22.3. The predicted octanol–water partition coefficient (Wildman–Crippen LogP) is 2.90. The number of fused-ring (bicyclic) bond motifs is 1. The Bertz CT molecular complexity index is 1660. The lowest BCUT2D eigenvalue weighted by atomic mass is 10.0. The number of carbonyl (C=O) groups is 1. The number of hydrogen-bond donors (Lipinski definition) is 1. The third-order valence-electron chi connectivity index (χ3n) is 5.08. The number of aromatic nitrogens is 7. The van der Waals surface area contributed by atoms with Gasteiger partial charge in [0, 0.05) is 24.0 Å². The van der Waals surface area contributed by atoms with E-state index in [2.05, 4.69) is 20.3 Å². The van der Waals surface area contributed by atoms with Crippen molar-refractivity contribution in [3.8, 4) is 22.6 Å². The molecule has 5 aromatic rings. The molecule has 35 heavy (non-hydrogen) atoms. The molecule has 14 heteroatoms. The number of halogens is 4. The minimum Gasteiger partial charge on any atom is -0.365 e. The average Bonchev–Trinajstić information content (AvgIpc) is 3.47. The molecule has 0 unspecified atom stereocenters. The summed E-state index contributed by atoms with van der Waals surface area (Å²) in [6, 6.07) is 8.01. The van der Waals surface area contributed by atoms with E-state index in [4.69, 9.17) is 17.3 Å². The minimum absolute atomic E-state index is 0.0920. The lowest BCUT2D eigenvalue weighted by Crippen LogP contribution is -2.22. The molecule has 0 aliphatic carbocycles. The second kappa shape index (κ2) is 8.06. The molecule has 0 saturated heterocycles. The first-order valence-corrected chi connectivity index (χ1v) is 10.2. The van der Waals surface area contributed by atoms with Crippen molar-refractivity contribution in [1.82, 2.24) is 34.2 Å². The number of carbonyl (C=O) groups excluding carboxylic acids is 1. The van der Waals surface area contributed by atoms with Crippen molar-refractivity contribution in [3.05, 3.63) is 87.8 Å². The second-order valence-corrected chi connectivity index (χ2v) is 7.61. The second-order valence-electron chi connectivity index (χ2n) is 7.20. The zero-order chi connectivity index (χ0) is 24.9. The SMILES string of the molecule is NC(=O)c1c(-c2ccc(-n3nccn3)c(Cl)c2)nn(-c2cccn3c(=O)ccnc23)c1C(F)(F)F. The molecule has 4 heterocycles. The molecule has 0 radical (unpaired) electrons. The summed E-state index contributed by atoms with van der Waals surface area (Å²) in [5, 5.41) is 12.1. The van der Waals surface area contributed by atoms with Gasteiger partial charge in [-0.15, -0.1) is 0 Å². The standard InChI is InChI=1S/C21H12ClF3N8O2/c22-12-10-11(3-4-13(12)33-28-7-8-29-33)17-16(19(26)35)18(21(23,24)25)32(30-17)14-2-1-9-31-15(34)5-6-27-20(14)31/h1-10H,(H2,26,35). The van der Waals surface area contributed by atoms with Gasteiger partial charge in [0.05, 0.1) is 23.0 Å².